The summed E-state index contributed by atoms with van der Waals surface area (Å²) in [6, 6.07) is 7.43. The molecular formula is C15H24N2O2. The minimum absolute atomic E-state index is 0.0595. The van der Waals surface area contributed by atoms with E-state index in [1.54, 1.807) is 0 Å². The van der Waals surface area contributed by atoms with Crippen LogP contribution in [0.5, 0.6) is 5.75 Å². The highest BCUT2D eigenvalue weighted by Crippen LogP contribution is 2.16. The first-order valence-corrected chi connectivity index (χ1v) is 6.99. The lowest BCUT2D eigenvalue weighted by Crippen LogP contribution is -2.16. The molecule has 19 heavy (non-hydrogen) atoms. The molecule has 0 aliphatic rings. The molecule has 0 saturated carbocycles. The van der Waals surface area contributed by atoms with Crippen LogP contribution in [0.3, 0.4) is 0 Å². The van der Waals surface area contributed by atoms with Crippen molar-refractivity contribution in [1.82, 2.24) is 0 Å². The van der Waals surface area contributed by atoms with E-state index in [0.29, 0.717) is 13.0 Å². The van der Waals surface area contributed by atoms with Gasteiger partial charge in [0.05, 0.1) is 6.61 Å². The molecule has 0 atom stereocenters. The van der Waals surface area contributed by atoms with E-state index in [1.807, 2.05) is 24.3 Å². The van der Waals surface area contributed by atoms with Gasteiger partial charge in [-0.25, -0.2) is 0 Å². The lowest BCUT2D eigenvalue weighted by Gasteiger charge is -2.08. The molecular weight excluding hydrogens is 240 g/mol. The Morgan fingerprint density at radius 3 is 2.58 bits per heavy atom. The number of hydrogen-bond donors (Lipinski definition) is 2. The van der Waals surface area contributed by atoms with Crippen molar-refractivity contribution < 1.29 is 9.53 Å². The largest absolute Gasteiger partial charge is 0.494 e. The highest BCUT2D eigenvalue weighted by atomic mass is 16.5. The molecule has 1 aromatic rings. The van der Waals surface area contributed by atoms with Gasteiger partial charge in [-0.3, -0.25) is 4.79 Å². The zero-order valence-electron chi connectivity index (χ0n) is 11.7. The maximum absolute atomic E-state index is 11.3. The molecule has 0 aliphatic carbocycles. The summed E-state index contributed by atoms with van der Waals surface area (Å²) >= 11 is 0. The van der Waals surface area contributed by atoms with Gasteiger partial charge in [0.25, 0.3) is 0 Å². The number of nitrogens with two attached hydrogens (primary N) is 1. The molecule has 0 fully saturated rings. The van der Waals surface area contributed by atoms with Crippen molar-refractivity contribution >= 4 is 11.6 Å². The third-order valence-corrected chi connectivity index (χ3v) is 2.78. The average molecular weight is 264 g/mol. The van der Waals surface area contributed by atoms with E-state index in [9.17, 15) is 4.79 Å². The highest BCUT2D eigenvalue weighted by molar-refractivity contribution is 5.90. The second-order valence-electron chi connectivity index (χ2n) is 4.52. The normalized spacial score (nSPS) is 10.2. The van der Waals surface area contributed by atoms with Gasteiger partial charge in [-0.15, -0.1) is 0 Å². The molecule has 1 amide bonds. The Morgan fingerprint density at radius 2 is 1.95 bits per heavy atom. The first-order valence-electron chi connectivity index (χ1n) is 6.99. The van der Waals surface area contributed by atoms with Gasteiger partial charge in [0.2, 0.25) is 5.91 Å². The van der Waals surface area contributed by atoms with Crippen LogP contribution in [0.2, 0.25) is 0 Å². The van der Waals surface area contributed by atoms with Gasteiger partial charge in [0, 0.05) is 18.7 Å². The molecule has 0 heterocycles. The highest BCUT2D eigenvalue weighted by Gasteiger charge is 2.01. The van der Waals surface area contributed by atoms with Gasteiger partial charge < -0.3 is 15.8 Å². The maximum Gasteiger partial charge on any atom is 0.225 e. The number of carbonyl (C=O) groups excluding carboxylic acids is 1. The van der Waals surface area contributed by atoms with Crippen LogP contribution in [-0.4, -0.2) is 19.1 Å². The fraction of sp³-hybridized carbons (Fsp3) is 0.533. The molecule has 0 bridgehead atoms. The number of ether oxygens (including phenoxy) is 1. The molecule has 1 aromatic carbocycles. The topological polar surface area (TPSA) is 64.3 Å². The van der Waals surface area contributed by atoms with Gasteiger partial charge in [0.15, 0.2) is 0 Å². The SMILES string of the molecule is CCCCCCOc1ccc(NC(=O)CCN)cc1. The third kappa shape index (κ3) is 6.82. The minimum Gasteiger partial charge on any atom is -0.494 e. The van der Waals surface area contributed by atoms with E-state index >= 15 is 0 Å². The van der Waals surface area contributed by atoms with Gasteiger partial charge in [-0.05, 0) is 30.7 Å². The van der Waals surface area contributed by atoms with Crippen LogP contribution < -0.4 is 15.8 Å². The van der Waals surface area contributed by atoms with Crippen molar-refractivity contribution in [3.63, 3.8) is 0 Å². The number of rotatable bonds is 9. The molecule has 4 nitrogen and oxygen atoms in total. The van der Waals surface area contributed by atoms with Crippen LogP contribution in [0.25, 0.3) is 0 Å². The van der Waals surface area contributed by atoms with E-state index in [1.165, 1.54) is 19.3 Å². The van der Waals surface area contributed by atoms with E-state index < -0.39 is 0 Å². The summed E-state index contributed by atoms with van der Waals surface area (Å²) in [5.41, 5.74) is 6.09. The fourth-order valence-corrected chi connectivity index (χ4v) is 1.71. The number of carbonyl (C=O) groups is 1. The molecule has 0 saturated heterocycles. The first kappa shape index (κ1) is 15.5. The van der Waals surface area contributed by atoms with Gasteiger partial charge >= 0.3 is 0 Å². The van der Waals surface area contributed by atoms with Crippen LogP contribution in [0, 0.1) is 0 Å². The first-order chi connectivity index (χ1) is 9.26. The lowest BCUT2D eigenvalue weighted by atomic mass is 10.2. The Morgan fingerprint density at radius 1 is 1.21 bits per heavy atom. The molecule has 3 N–H and O–H groups in total. The third-order valence-electron chi connectivity index (χ3n) is 2.78. The average Bonchev–Trinajstić information content (AvgIpc) is 2.41. The van der Waals surface area contributed by atoms with Crippen molar-refractivity contribution in [3.05, 3.63) is 24.3 Å². The smallest absolute Gasteiger partial charge is 0.225 e. The number of amides is 1. The zero-order valence-corrected chi connectivity index (χ0v) is 11.7. The molecule has 0 radical (unpaired) electrons. The quantitative estimate of drug-likeness (QED) is 0.674. The number of anilines is 1. The van der Waals surface area contributed by atoms with Crippen molar-refractivity contribution in [2.24, 2.45) is 5.73 Å². The van der Waals surface area contributed by atoms with Crippen LogP contribution in [0.4, 0.5) is 5.69 Å². The Hall–Kier alpha value is -1.55. The van der Waals surface area contributed by atoms with Gasteiger partial charge in [-0.2, -0.15) is 0 Å². The van der Waals surface area contributed by atoms with Crippen LogP contribution in [-0.2, 0) is 4.79 Å². The molecule has 0 aliphatic heterocycles. The van der Waals surface area contributed by atoms with E-state index in [4.69, 9.17) is 10.5 Å². The zero-order chi connectivity index (χ0) is 13.9. The van der Waals surface area contributed by atoms with Crippen molar-refractivity contribution in [1.29, 1.82) is 0 Å². The molecule has 0 spiro atoms. The van der Waals surface area contributed by atoms with E-state index in [-0.39, 0.29) is 5.91 Å². The summed E-state index contributed by atoms with van der Waals surface area (Å²) in [4.78, 5) is 11.3. The number of unbranched alkanes of at least 4 members (excludes halogenated alkanes) is 3. The lowest BCUT2D eigenvalue weighted by molar-refractivity contribution is -0.116. The maximum atomic E-state index is 11.3. The van der Waals surface area contributed by atoms with Gasteiger partial charge in [-0.1, -0.05) is 26.2 Å². The Bertz CT molecular complexity index is 363. The van der Waals surface area contributed by atoms with Crippen molar-refractivity contribution in [2.75, 3.05) is 18.5 Å². The molecule has 0 aromatic heterocycles. The Labute approximate surface area is 115 Å². The monoisotopic (exact) mass is 264 g/mol. The number of benzene rings is 1. The van der Waals surface area contributed by atoms with E-state index in [2.05, 4.69) is 12.2 Å². The molecule has 0 unspecified atom stereocenters. The second kappa shape index (κ2) is 9.39. The summed E-state index contributed by atoms with van der Waals surface area (Å²) in [5.74, 6) is 0.782. The van der Waals surface area contributed by atoms with Crippen molar-refractivity contribution in [3.8, 4) is 5.75 Å². The fourth-order valence-electron chi connectivity index (χ4n) is 1.71. The number of nitrogens with one attached hydrogen (secondary N) is 1. The van der Waals surface area contributed by atoms with Gasteiger partial charge in [0.1, 0.15) is 5.75 Å². The number of hydrogen-bond acceptors (Lipinski definition) is 3. The molecule has 4 heteroatoms. The second-order valence-corrected chi connectivity index (χ2v) is 4.52. The van der Waals surface area contributed by atoms with Crippen LogP contribution in [0.1, 0.15) is 39.0 Å². The summed E-state index contributed by atoms with van der Waals surface area (Å²) < 4.78 is 5.63. The predicted molar refractivity (Wildman–Crippen MR) is 78.4 cm³/mol. The Kier molecular flexibility index (Phi) is 7.66. The minimum atomic E-state index is -0.0595. The standard InChI is InChI=1S/C15H24N2O2/c1-2-3-4-5-12-19-14-8-6-13(7-9-14)17-15(18)10-11-16/h6-9H,2-5,10-12,16H2,1H3,(H,17,18). The van der Waals surface area contributed by atoms with Crippen LogP contribution in [0.15, 0.2) is 24.3 Å². The Balaban J connectivity index is 2.29. The predicted octanol–water partition coefficient (Wildman–Crippen LogP) is 2.93. The molecule has 106 valence electrons. The van der Waals surface area contributed by atoms with E-state index in [0.717, 1.165) is 24.5 Å². The summed E-state index contributed by atoms with van der Waals surface area (Å²) in [5, 5.41) is 2.78. The van der Waals surface area contributed by atoms with Crippen molar-refractivity contribution in [2.45, 2.75) is 39.0 Å². The van der Waals surface area contributed by atoms with Crippen LogP contribution >= 0.6 is 0 Å². The summed E-state index contributed by atoms with van der Waals surface area (Å²) in [6.07, 6.45) is 5.13. The summed E-state index contributed by atoms with van der Waals surface area (Å²) in [7, 11) is 0. The molecule has 1 rings (SSSR count). The summed E-state index contributed by atoms with van der Waals surface area (Å²) in [6.45, 7) is 3.31.